The van der Waals surface area contributed by atoms with Gasteiger partial charge >= 0.3 is 0 Å². The molecule has 9 nitrogen and oxygen atoms in total. The van der Waals surface area contributed by atoms with Crippen LogP contribution in [0.25, 0.3) is 22.3 Å². The molecule has 0 saturated carbocycles. The summed E-state index contributed by atoms with van der Waals surface area (Å²) in [4.78, 5) is 14.7. The molecule has 194 valence electrons. The molecule has 2 heterocycles. The molecule has 0 unspecified atom stereocenters. The number of ether oxygens (including phenoxy) is 5. The summed E-state index contributed by atoms with van der Waals surface area (Å²) in [5.74, 6) is -0.238. The van der Waals surface area contributed by atoms with Crippen LogP contribution >= 0.6 is 0 Å². The largest absolute Gasteiger partial charge is 0.502 e. The average molecular weight is 500 g/mol. The zero-order chi connectivity index (χ0) is 25.0. The molecule has 2 aromatic carbocycles. The monoisotopic (exact) mass is 499 g/mol. The smallest absolute Gasteiger partial charge is 0.235 e. The van der Waals surface area contributed by atoms with Gasteiger partial charge in [0.2, 0.25) is 11.2 Å². The van der Waals surface area contributed by atoms with E-state index in [1.165, 1.54) is 0 Å². The van der Waals surface area contributed by atoms with Crippen molar-refractivity contribution in [2.24, 2.45) is 0 Å². The molecule has 0 bridgehead atoms. The van der Waals surface area contributed by atoms with E-state index in [4.69, 9.17) is 28.1 Å². The Hall–Kier alpha value is -2.95. The lowest BCUT2D eigenvalue weighted by Crippen LogP contribution is -2.31. The van der Waals surface area contributed by atoms with E-state index in [0.29, 0.717) is 95.7 Å². The minimum Gasteiger partial charge on any atom is -0.502 e. The lowest BCUT2D eigenvalue weighted by molar-refractivity contribution is -0.0116. The lowest BCUT2D eigenvalue weighted by atomic mass is 10.1. The molecule has 1 aromatic heterocycles. The molecule has 1 saturated heterocycles. The number of fused-ring (bicyclic) bond motifs is 1. The van der Waals surface area contributed by atoms with Gasteiger partial charge < -0.3 is 38.1 Å². The fraction of sp³-hybridized carbons (Fsp3) is 0.444. The maximum atomic E-state index is 12.6. The molecule has 1 fully saturated rings. The zero-order valence-electron chi connectivity index (χ0n) is 20.4. The van der Waals surface area contributed by atoms with E-state index >= 15 is 0 Å². The summed E-state index contributed by atoms with van der Waals surface area (Å²) in [5, 5.41) is 10.8. The van der Waals surface area contributed by atoms with Gasteiger partial charge in [-0.2, -0.15) is 0 Å². The highest BCUT2D eigenvalue weighted by atomic mass is 16.6. The first-order valence-electron chi connectivity index (χ1n) is 12.2. The summed E-state index contributed by atoms with van der Waals surface area (Å²) in [6.07, 6.45) is 0. The van der Waals surface area contributed by atoms with Crippen molar-refractivity contribution in [3.8, 4) is 17.1 Å². The molecule has 9 heteroatoms. The molecule has 1 aliphatic heterocycles. The van der Waals surface area contributed by atoms with Crippen LogP contribution in [-0.2, 0) is 23.7 Å². The molecular weight excluding hydrogens is 466 g/mol. The Labute approximate surface area is 210 Å². The fourth-order valence-corrected chi connectivity index (χ4v) is 3.85. The third-order valence-corrected chi connectivity index (χ3v) is 5.77. The van der Waals surface area contributed by atoms with Crippen molar-refractivity contribution in [1.29, 1.82) is 0 Å². The molecule has 1 aliphatic rings. The standard InChI is InChI=1S/C27H33NO8/c29-25-23-3-1-2-4-24(23)36-27(26(25)30)21-5-7-22(8-6-21)28-9-11-31-13-15-33-17-19-35-20-18-34-16-14-32-12-10-28/h1-8,30H,9-20H2. The molecular formula is C27H33NO8. The van der Waals surface area contributed by atoms with Crippen molar-refractivity contribution in [2.75, 3.05) is 84.1 Å². The van der Waals surface area contributed by atoms with E-state index in [-0.39, 0.29) is 5.76 Å². The van der Waals surface area contributed by atoms with Crippen LogP contribution in [0.15, 0.2) is 57.7 Å². The molecule has 0 radical (unpaired) electrons. The first-order chi connectivity index (χ1) is 17.7. The molecule has 4 rings (SSSR count). The lowest BCUT2D eigenvalue weighted by Gasteiger charge is -2.25. The van der Waals surface area contributed by atoms with Crippen molar-refractivity contribution in [1.82, 2.24) is 0 Å². The highest BCUT2D eigenvalue weighted by Crippen LogP contribution is 2.31. The van der Waals surface area contributed by atoms with Crippen molar-refractivity contribution < 1.29 is 33.2 Å². The Morgan fingerprint density at radius 2 is 1.14 bits per heavy atom. The van der Waals surface area contributed by atoms with Crippen LogP contribution in [0.5, 0.6) is 5.75 Å². The van der Waals surface area contributed by atoms with Gasteiger partial charge in [0.1, 0.15) is 5.58 Å². The number of anilines is 1. The van der Waals surface area contributed by atoms with Gasteiger partial charge in [-0.05, 0) is 36.4 Å². The Bertz CT molecular complexity index is 1110. The van der Waals surface area contributed by atoms with E-state index in [2.05, 4.69) is 4.90 Å². The van der Waals surface area contributed by atoms with E-state index < -0.39 is 11.2 Å². The third-order valence-electron chi connectivity index (χ3n) is 5.77. The van der Waals surface area contributed by atoms with Gasteiger partial charge in [-0.25, -0.2) is 0 Å². The molecule has 0 spiro atoms. The minimum atomic E-state index is -0.446. The Kier molecular flexibility index (Phi) is 10.1. The number of benzene rings is 2. The summed E-state index contributed by atoms with van der Waals surface area (Å²) in [7, 11) is 0. The number of nitrogens with zero attached hydrogens (tertiary/aromatic N) is 1. The van der Waals surface area contributed by atoms with Crippen LogP contribution in [0.3, 0.4) is 0 Å². The second kappa shape index (κ2) is 14.0. The maximum absolute atomic E-state index is 12.6. The van der Waals surface area contributed by atoms with Gasteiger partial charge in [-0.1, -0.05) is 12.1 Å². The van der Waals surface area contributed by atoms with Crippen LogP contribution in [-0.4, -0.2) is 84.3 Å². The second-order valence-corrected chi connectivity index (χ2v) is 8.20. The zero-order valence-corrected chi connectivity index (χ0v) is 20.4. The van der Waals surface area contributed by atoms with Crippen LogP contribution in [0.2, 0.25) is 0 Å². The second-order valence-electron chi connectivity index (χ2n) is 8.20. The molecule has 3 aromatic rings. The Morgan fingerprint density at radius 1 is 0.639 bits per heavy atom. The number of rotatable bonds is 2. The summed E-state index contributed by atoms with van der Waals surface area (Å²) >= 11 is 0. The van der Waals surface area contributed by atoms with Gasteiger partial charge in [0, 0.05) is 24.3 Å². The van der Waals surface area contributed by atoms with Gasteiger partial charge in [-0.3, -0.25) is 4.79 Å². The van der Waals surface area contributed by atoms with Crippen molar-refractivity contribution in [3.63, 3.8) is 0 Å². The highest BCUT2D eigenvalue weighted by Gasteiger charge is 2.16. The van der Waals surface area contributed by atoms with Crippen molar-refractivity contribution in [2.45, 2.75) is 0 Å². The highest BCUT2D eigenvalue weighted by molar-refractivity contribution is 5.81. The van der Waals surface area contributed by atoms with E-state index in [1.807, 2.05) is 24.3 Å². The van der Waals surface area contributed by atoms with E-state index in [1.54, 1.807) is 24.3 Å². The van der Waals surface area contributed by atoms with Crippen LogP contribution < -0.4 is 10.3 Å². The topological polar surface area (TPSA) is 99.8 Å². The summed E-state index contributed by atoms with van der Waals surface area (Å²) in [5.41, 5.74) is 1.57. The predicted octanol–water partition coefficient (Wildman–Crippen LogP) is 3.07. The number of hydrogen-bond acceptors (Lipinski definition) is 9. The summed E-state index contributed by atoms with van der Waals surface area (Å²) in [6.45, 7) is 6.55. The molecule has 1 N–H and O–H groups in total. The average Bonchev–Trinajstić information content (AvgIpc) is 2.91. The Balaban J connectivity index is 1.43. The molecule has 0 amide bonds. The fourth-order valence-electron chi connectivity index (χ4n) is 3.85. The van der Waals surface area contributed by atoms with Crippen LogP contribution in [0.1, 0.15) is 0 Å². The van der Waals surface area contributed by atoms with E-state index in [0.717, 1.165) is 5.69 Å². The predicted molar refractivity (Wildman–Crippen MR) is 136 cm³/mol. The van der Waals surface area contributed by atoms with E-state index in [9.17, 15) is 9.90 Å². The number of hydrogen-bond donors (Lipinski definition) is 1. The quantitative estimate of drug-likeness (QED) is 0.570. The molecule has 0 aliphatic carbocycles. The molecule has 0 atom stereocenters. The van der Waals surface area contributed by atoms with Gasteiger partial charge in [-0.15, -0.1) is 0 Å². The van der Waals surface area contributed by atoms with Crippen LogP contribution in [0, 0.1) is 0 Å². The SMILES string of the molecule is O=c1c(O)c(-c2ccc(N3CCOCCOCCOCCOCCOCC3)cc2)oc2ccccc12. The third kappa shape index (κ3) is 7.28. The van der Waals surface area contributed by atoms with Gasteiger partial charge in [0.05, 0.1) is 71.5 Å². The number of para-hydroxylation sites is 1. The van der Waals surface area contributed by atoms with Gasteiger partial charge in [0.25, 0.3) is 0 Å². The first-order valence-corrected chi connectivity index (χ1v) is 12.2. The van der Waals surface area contributed by atoms with Crippen molar-refractivity contribution >= 4 is 16.7 Å². The minimum absolute atomic E-state index is 0.155. The van der Waals surface area contributed by atoms with Gasteiger partial charge in [0.15, 0.2) is 5.76 Å². The summed E-state index contributed by atoms with van der Waals surface area (Å²) < 4.78 is 33.8. The maximum Gasteiger partial charge on any atom is 0.235 e. The Morgan fingerprint density at radius 3 is 1.69 bits per heavy atom. The van der Waals surface area contributed by atoms with Crippen molar-refractivity contribution in [3.05, 3.63) is 58.8 Å². The summed E-state index contributed by atoms with van der Waals surface area (Å²) in [6, 6.07) is 14.4. The first kappa shape index (κ1) is 26.1. The molecule has 36 heavy (non-hydrogen) atoms. The van der Waals surface area contributed by atoms with Crippen LogP contribution in [0.4, 0.5) is 5.69 Å². The normalized spacial score (nSPS) is 17.9. The number of aromatic hydroxyl groups is 1.